The van der Waals surface area contributed by atoms with Crippen molar-refractivity contribution in [3.05, 3.63) is 108 Å². The fraction of sp³-hybridized carbons (Fsp3) is 0.0769. The molecule has 0 saturated carbocycles. The van der Waals surface area contributed by atoms with Crippen LogP contribution in [0, 0.1) is 0 Å². The van der Waals surface area contributed by atoms with Crippen molar-refractivity contribution in [1.29, 1.82) is 0 Å². The molecule has 5 aromatic rings. The van der Waals surface area contributed by atoms with E-state index < -0.39 is 0 Å². The van der Waals surface area contributed by atoms with E-state index in [-0.39, 0.29) is 6.61 Å². The molecule has 7 nitrogen and oxygen atoms in total. The minimum absolute atomic E-state index is 0.288. The number of ether oxygens (including phenoxy) is 2. The molecule has 0 amide bonds. The lowest BCUT2D eigenvalue weighted by molar-refractivity contribution is 0.296. The van der Waals surface area contributed by atoms with E-state index >= 15 is 0 Å². The van der Waals surface area contributed by atoms with Crippen LogP contribution in [0.1, 0.15) is 22.6 Å². The lowest BCUT2D eigenvalue weighted by Gasteiger charge is -2.07. The van der Waals surface area contributed by atoms with E-state index in [1.807, 2.05) is 84.9 Å². The minimum atomic E-state index is 0.288. The van der Waals surface area contributed by atoms with Crippen LogP contribution in [-0.2, 0) is 13.2 Å². The van der Waals surface area contributed by atoms with E-state index in [0.717, 1.165) is 39.2 Å². The van der Waals surface area contributed by atoms with Gasteiger partial charge in [-0.15, -0.1) is 5.10 Å². The van der Waals surface area contributed by atoms with Gasteiger partial charge >= 0.3 is 0 Å². The second kappa shape index (κ2) is 9.74. The van der Waals surface area contributed by atoms with Crippen molar-refractivity contribution < 1.29 is 9.47 Å². The first-order valence-corrected chi connectivity index (χ1v) is 10.5. The third-order valence-corrected chi connectivity index (χ3v) is 5.01. The van der Waals surface area contributed by atoms with E-state index in [1.54, 1.807) is 0 Å². The number of rotatable bonds is 8. The number of nitrogens with zero attached hydrogens (tertiary/aromatic N) is 4. The van der Waals surface area contributed by atoms with Gasteiger partial charge in [0.15, 0.2) is 5.82 Å². The van der Waals surface area contributed by atoms with Gasteiger partial charge in [-0.3, -0.25) is 0 Å². The van der Waals surface area contributed by atoms with E-state index in [1.165, 1.54) is 0 Å². The van der Waals surface area contributed by atoms with Crippen LogP contribution >= 0.6 is 0 Å². The Hall–Kier alpha value is -4.52. The Morgan fingerprint density at radius 1 is 0.727 bits per heavy atom. The number of hydrogen-bond donors (Lipinski definition) is 1. The molecule has 5 rings (SSSR count). The second-order valence-electron chi connectivity index (χ2n) is 7.40. The van der Waals surface area contributed by atoms with Crippen LogP contribution in [0.3, 0.4) is 0 Å². The summed E-state index contributed by atoms with van der Waals surface area (Å²) in [5.74, 6) is 2.13. The normalized spacial score (nSPS) is 11.2. The second-order valence-corrected chi connectivity index (χ2v) is 7.40. The zero-order valence-corrected chi connectivity index (χ0v) is 17.8. The molecule has 0 radical (unpaired) electrons. The number of aromatic amines is 1. The maximum absolute atomic E-state index is 5.91. The Labute approximate surface area is 190 Å². The average Bonchev–Trinajstić information content (AvgIpc) is 3.40. The molecule has 0 unspecified atom stereocenters. The molecule has 1 N–H and O–H groups in total. The Morgan fingerprint density at radius 2 is 1.58 bits per heavy atom. The van der Waals surface area contributed by atoms with Gasteiger partial charge in [-0.25, -0.2) is 10.1 Å². The molecule has 0 fully saturated rings. The van der Waals surface area contributed by atoms with Crippen molar-refractivity contribution in [3.63, 3.8) is 0 Å². The van der Waals surface area contributed by atoms with Gasteiger partial charge in [-0.2, -0.15) is 0 Å². The summed E-state index contributed by atoms with van der Waals surface area (Å²) in [5.41, 5.74) is 3.99. The molecule has 33 heavy (non-hydrogen) atoms. The summed E-state index contributed by atoms with van der Waals surface area (Å²) in [6.07, 6.45) is 4.09. The SMILES string of the molecule is C(=C\c1cccc(OCc2nnn[nH]2)c1)/c1ccc(OCc2ccc3ccccc3n2)cc1. The molecule has 2 heterocycles. The van der Waals surface area contributed by atoms with Crippen LogP contribution in [0.5, 0.6) is 11.5 Å². The third kappa shape index (κ3) is 5.40. The molecule has 3 aromatic carbocycles. The number of nitrogens with one attached hydrogen (secondary N) is 1. The Balaban J connectivity index is 1.17. The first-order chi connectivity index (χ1) is 16.3. The van der Waals surface area contributed by atoms with Crippen LogP contribution in [0.25, 0.3) is 23.1 Å². The monoisotopic (exact) mass is 435 g/mol. The van der Waals surface area contributed by atoms with Crippen molar-refractivity contribution >= 4 is 23.1 Å². The zero-order chi connectivity index (χ0) is 22.3. The van der Waals surface area contributed by atoms with Crippen LogP contribution in [0.15, 0.2) is 84.9 Å². The van der Waals surface area contributed by atoms with Crippen LogP contribution < -0.4 is 9.47 Å². The van der Waals surface area contributed by atoms with Gasteiger partial charge in [-0.05, 0) is 58.0 Å². The molecule has 0 aliphatic carbocycles. The molecule has 0 saturated heterocycles. The van der Waals surface area contributed by atoms with Gasteiger partial charge in [-0.1, -0.05) is 60.7 Å². The fourth-order valence-electron chi connectivity index (χ4n) is 3.31. The van der Waals surface area contributed by atoms with E-state index in [9.17, 15) is 0 Å². The highest BCUT2D eigenvalue weighted by Crippen LogP contribution is 2.19. The summed E-state index contributed by atoms with van der Waals surface area (Å²) in [4.78, 5) is 4.65. The number of hydrogen-bond acceptors (Lipinski definition) is 6. The van der Waals surface area contributed by atoms with Gasteiger partial charge in [0.05, 0.1) is 11.2 Å². The summed E-state index contributed by atoms with van der Waals surface area (Å²) in [7, 11) is 0. The highest BCUT2D eigenvalue weighted by molar-refractivity contribution is 5.78. The maximum Gasteiger partial charge on any atom is 0.186 e. The largest absolute Gasteiger partial charge is 0.487 e. The van der Waals surface area contributed by atoms with Gasteiger partial charge < -0.3 is 9.47 Å². The van der Waals surface area contributed by atoms with E-state index in [4.69, 9.17) is 9.47 Å². The van der Waals surface area contributed by atoms with Crippen LogP contribution in [0.4, 0.5) is 0 Å². The molecule has 0 spiro atoms. The summed E-state index contributed by atoms with van der Waals surface area (Å²) >= 11 is 0. The molecule has 0 aliphatic rings. The predicted molar refractivity (Wildman–Crippen MR) is 126 cm³/mol. The Morgan fingerprint density at radius 3 is 2.45 bits per heavy atom. The van der Waals surface area contributed by atoms with Crippen molar-refractivity contribution in [2.75, 3.05) is 0 Å². The van der Waals surface area contributed by atoms with Crippen LogP contribution in [-0.4, -0.2) is 25.6 Å². The molecule has 7 heteroatoms. The van der Waals surface area contributed by atoms with E-state index in [0.29, 0.717) is 12.4 Å². The van der Waals surface area contributed by atoms with Crippen LogP contribution in [0.2, 0.25) is 0 Å². The van der Waals surface area contributed by atoms with E-state index in [2.05, 4.69) is 37.7 Å². The fourth-order valence-corrected chi connectivity index (χ4v) is 3.31. The third-order valence-electron chi connectivity index (χ3n) is 5.01. The van der Waals surface area contributed by atoms with Crippen molar-refractivity contribution in [3.8, 4) is 11.5 Å². The summed E-state index contributed by atoms with van der Waals surface area (Å²) in [6.45, 7) is 0.716. The standard InChI is InChI=1S/C26H21N5O2/c1-2-7-25-21(5-1)12-13-22(27-25)17-32-23-14-10-19(11-15-23)8-9-20-4-3-6-24(16-20)33-18-26-28-30-31-29-26/h1-16H,17-18H2,(H,28,29,30,31)/b9-8+. The first-order valence-electron chi connectivity index (χ1n) is 10.5. The number of benzene rings is 3. The molecular formula is C26H21N5O2. The van der Waals surface area contributed by atoms with Crippen molar-refractivity contribution in [2.45, 2.75) is 13.2 Å². The zero-order valence-electron chi connectivity index (χ0n) is 17.8. The van der Waals surface area contributed by atoms with Crippen molar-refractivity contribution in [2.24, 2.45) is 0 Å². The molecule has 0 aliphatic heterocycles. The number of aromatic nitrogens is 5. The molecular weight excluding hydrogens is 414 g/mol. The number of pyridine rings is 1. The topological polar surface area (TPSA) is 85.8 Å². The first kappa shape index (κ1) is 20.4. The number of para-hydroxylation sites is 1. The minimum Gasteiger partial charge on any atom is -0.487 e. The molecule has 0 atom stereocenters. The summed E-state index contributed by atoms with van der Waals surface area (Å²) in [6, 6.07) is 28.0. The summed E-state index contributed by atoms with van der Waals surface area (Å²) in [5, 5.41) is 14.7. The number of tetrazole rings is 1. The Bertz CT molecular complexity index is 1370. The lowest BCUT2D eigenvalue weighted by Crippen LogP contribution is -1.98. The maximum atomic E-state index is 5.91. The number of fused-ring (bicyclic) bond motifs is 1. The highest BCUT2D eigenvalue weighted by Gasteiger charge is 2.01. The summed E-state index contributed by atoms with van der Waals surface area (Å²) < 4.78 is 11.6. The molecule has 162 valence electrons. The Kier molecular flexibility index (Phi) is 6.02. The van der Waals surface area contributed by atoms with Crippen molar-refractivity contribution in [1.82, 2.24) is 25.6 Å². The van der Waals surface area contributed by atoms with Gasteiger partial charge in [0, 0.05) is 5.39 Å². The number of H-pyrrole nitrogens is 1. The molecule has 2 aromatic heterocycles. The average molecular weight is 435 g/mol. The smallest absolute Gasteiger partial charge is 0.186 e. The molecule has 0 bridgehead atoms. The lowest BCUT2D eigenvalue weighted by atomic mass is 10.1. The predicted octanol–water partition coefficient (Wildman–Crippen LogP) is 5.08. The quantitative estimate of drug-likeness (QED) is 0.342. The van der Waals surface area contributed by atoms with Gasteiger partial charge in [0.1, 0.15) is 24.7 Å². The van der Waals surface area contributed by atoms with Gasteiger partial charge in [0.2, 0.25) is 0 Å². The van der Waals surface area contributed by atoms with Gasteiger partial charge in [0.25, 0.3) is 0 Å². The highest BCUT2D eigenvalue weighted by atomic mass is 16.5.